The summed E-state index contributed by atoms with van der Waals surface area (Å²) in [5.41, 5.74) is 1.83. The van der Waals surface area contributed by atoms with Crippen LogP contribution in [0.15, 0.2) is 24.3 Å². The fourth-order valence-electron chi connectivity index (χ4n) is 5.87. The maximum absolute atomic E-state index is 13.3. The van der Waals surface area contributed by atoms with Gasteiger partial charge in [0.2, 0.25) is 0 Å². The van der Waals surface area contributed by atoms with E-state index in [1.165, 1.54) is 30.2 Å². The summed E-state index contributed by atoms with van der Waals surface area (Å²) in [6.07, 6.45) is 4.15. The number of hydrogen-bond acceptors (Lipinski definition) is 7. The molecule has 10 heteroatoms. The number of amides is 2. The van der Waals surface area contributed by atoms with E-state index in [1.54, 1.807) is 19.1 Å². The first-order chi connectivity index (χ1) is 18.8. The zero-order valence-electron chi connectivity index (χ0n) is 23.4. The van der Waals surface area contributed by atoms with E-state index in [2.05, 4.69) is 25.4 Å². The number of ether oxygens (including phenoxy) is 1. The van der Waals surface area contributed by atoms with Gasteiger partial charge in [-0.3, -0.25) is 10.1 Å². The Bertz CT molecular complexity index is 1100. The number of benzene rings is 1. The van der Waals surface area contributed by atoms with E-state index in [1.807, 2.05) is 19.1 Å². The maximum atomic E-state index is 13.3. The number of piperidine rings is 2. The molecule has 2 saturated heterocycles. The van der Waals surface area contributed by atoms with Crippen LogP contribution in [0.4, 0.5) is 14.3 Å². The van der Waals surface area contributed by atoms with Crippen LogP contribution in [0.5, 0.6) is 0 Å². The number of likely N-dealkylation sites (tertiary alicyclic amines) is 2. The van der Waals surface area contributed by atoms with Crippen LogP contribution in [0.1, 0.15) is 54.0 Å². The van der Waals surface area contributed by atoms with Crippen LogP contribution in [0.3, 0.4) is 0 Å². The molecular formula is C29H42FN5O3S. The summed E-state index contributed by atoms with van der Waals surface area (Å²) in [6, 6.07) is 6.65. The van der Waals surface area contributed by atoms with Crippen LogP contribution < -0.4 is 10.6 Å². The molecule has 0 spiro atoms. The Labute approximate surface area is 235 Å². The third-order valence-corrected chi connectivity index (χ3v) is 8.93. The summed E-state index contributed by atoms with van der Waals surface area (Å²) in [5.74, 6) is 0.584. The number of nitrogens with zero attached hydrogens (tertiary/aromatic N) is 3. The number of halogens is 1. The van der Waals surface area contributed by atoms with Crippen LogP contribution in [0.25, 0.3) is 0 Å². The Morgan fingerprint density at radius 2 is 1.95 bits per heavy atom. The lowest BCUT2D eigenvalue weighted by molar-refractivity contribution is 0.0605. The zero-order valence-corrected chi connectivity index (χ0v) is 24.2. The van der Waals surface area contributed by atoms with Gasteiger partial charge in [-0.1, -0.05) is 23.5 Å². The van der Waals surface area contributed by atoms with E-state index >= 15 is 0 Å². The third-order valence-electron chi connectivity index (χ3n) is 7.76. The molecule has 2 aliphatic heterocycles. The van der Waals surface area contributed by atoms with Crippen molar-refractivity contribution in [1.82, 2.24) is 20.1 Å². The lowest BCUT2D eigenvalue weighted by atomic mass is 9.88. The number of thiazole rings is 1. The Balaban J connectivity index is 1.37. The highest BCUT2D eigenvalue weighted by Crippen LogP contribution is 2.26. The summed E-state index contributed by atoms with van der Waals surface area (Å²) < 4.78 is 18.9. The van der Waals surface area contributed by atoms with Crippen molar-refractivity contribution in [3.63, 3.8) is 0 Å². The summed E-state index contributed by atoms with van der Waals surface area (Å²) in [7, 11) is 0. The second-order valence-electron chi connectivity index (χ2n) is 10.8. The number of aromatic nitrogens is 1. The topological polar surface area (TPSA) is 86.8 Å². The van der Waals surface area contributed by atoms with Gasteiger partial charge in [-0.15, -0.1) is 0 Å². The number of carbonyl (C=O) groups is 2. The van der Waals surface area contributed by atoms with Gasteiger partial charge in [0.15, 0.2) is 10.9 Å². The van der Waals surface area contributed by atoms with Gasteiger partial charge < -0.3 is 19.9 Å². The molecule has 1 aromatic carbocycles. The molecule has 0 aliphatic carbocycles. The lowest BCUT2D eigenvalue weighted by Crippen LogP contribution is -2.56. The standard InChI is InChI=1S/C29H42FN5O3S/c1-4-38-15-14-34-13-11-26(32-28(37)33-29-31-20(2)27(39-29)21(3)36)24(18-34)19-35-12-5-6-23(17-35)16-22-7-9-25(30)10-8-22/h7-10,23-24,26H,4-6,11-19H2,1-3H3,(H2,31,32,33,37)/t23?,24-,26+/m0/s1. The summed E-state index contributed by atoms with van der Waals surface area (Å²) >= 11 is 1.22. The molecule has 2 amide bonds. The fourth-order valence-corrected chi connectivity index (χ4v) is 6.73. The second kappa shape index (κ2) is 14.3. The number of aryl methyl sites for hydroxylation is 1. The molecule has 2 N–H and O–H groups in total. The predicted molar refractivity (Wildman–Crippen MR) is 153 cm³/mol. The molecule has 3 atom stereocenters. The number of urea groups is 1. The molecule has 214 valence electrons. The number of anilines is 1. The van der Waals surface area contributed by atoms with Gasteiger partial charge in [0.25, 0.3) is 0 Å². The average molecular weight is 560 g/mol. The largest absolute Gasteiger partial charge is 0.380 e. The molecule has 39 heavy (non-hydrogen) atoms. The third kappa shape index (κ3) is 8.79. The van der Waals surface area contributed by atoms with E-state index in [0.717, 1.165) is 58.5 Å². The number of nitrogens with one attached hydrogen (secondary N) is 2. The molecule has 2 aliphatic rings. The Morgan fingerprint density at radius 3 is 2.67 bits per heavy atom. The molecule has 2 fully saturated rings. The van der Waals surface area contributed by atoms with E-state index in [4.69, 9.17) is 4.74 Å². The number of carbonyl (C=O) groups excluding carboxylic acids is 2. The molecule has 0 saturated carbocycles. The molecule has 0 radical (unpaired) electrons. The zero-order chi connectivity index (χ0) is 27.8. The molecule has 1 aromatic heterocycles. The highest BCUT2D eigenvalue weighted by Gasteiger charge is 2.33. The van der Waals surface area contributed by atoms with E-state index in [-0.39, 0.29) is 29.6 Å². The van der Waals surface area contributed by atoms with Gasteiger partial charge in [0.1, 0.15) is 5.82 Å². The van der Waals surface area contributed by atoms with Crippen LogP contribution >= 0.6 is 11.3 Å². The van der Waals surface area contributed by atoms with Crippen molar-refractivity contribution < 1.29 is 18.7 Å². The van der Waals surface area contributed by atoms with Crippen molar-refractivity contribution >= 4 is 28.3 Å². The van der Waals surface area contributed by atoms with Gasteiger partial charge in [-0.25, -0.2) is 14.2 Å². The fraction of sp³-hybridized carbons (Fsp3) is 0.621. The Hall–Kier alpha value is -2.40. The van der Waals surface area contributed by atoms with Gasteiger partial charge in [0.05, 0.1) is 17.2 Å². The molecule has 0 bridgehead atoms. The van der Waals surface area contributed by atoms with Crippen molar-refractivity contribution in [2.75, 3.05) is 57.8 Å². The summed E-state index contributed by atoms with van der Waals surface area (Å²) in [4.78, 5) is 34.7. The highest BCUT2D eigenvalue weighted by atomic mass is 32.1. The molecule has 3 heterocycles. The van der Waals surface area contributed by atoms with Crippen molar-refractivity contribution in [2.45, 2.75) is 52.5 Å². The number of rotatable bonds is 11. The number of hydrogen-bond donors (Lipinski definition) is 2. The van der Waals surface area contributed by atoms with Gasteiger partial charge in [0, 0.05) is 58.2 Å². The number of ketones is 1. The normalized spacial score (nSPS) is 22.5. The quantitative estimate of drug-likeness (QED) is 0.309. The molecule has 4 rings (SSSR count). The van der Waals surface area contributed by atoms with Gasteiger partial charge in [-0.2, -0.15) is 0 Å². The smallest absolute Gasteiger partial charge is 0.321 e. The predicted octanol–water partition coefficient (Wildman–Crippen LogP) is 4.60. The first-order valence-electron chi connectivity index (χ1n) is 14.1. The van der Waals surface area contributed by atoms with Gasteiger partial charge >= 0.3 is 6.03 Å². The molecule has 1 unspecified atom stereocenters. The monoisotopic (exact) mass is 559 g/mol. The Kier molecular flexibility index (Phi) is 10.8. The second-order valence-corrected chi connectivity index (χ2v) is 11.8. The lowest BCUT2D eigenvalue weighted by Gasteiger charge is -2.42. The van der Waals surface area contributed by atoms with Crippen molar-refractivity contribution in [2.24, 2.45) is 11.8 Å². The van der Waals surface area contributed by atoms with E-state index in [0.29, 0.717) is 34.8 Å². The van der Waals surface area contributed by atoms with Crippen molar-refractivity contribution in [1.29, 1.82) is 0 Å². The van der Waals surface area contributed by atoms with Crippen LogP contribution in [-0.2, 0) is 11.2 Å². The first kappa shape index (κ1) is 29.6. The number of Topliss-reactive ketones (excluding diaryl/α,β-unsaturated/α-hetero) is 1. The minimum atomic E-state index is -0.274. The molecular weight excluding hydrogens is 517 g/mol. The highest BCUT2D eigenvalue weighted by molar-refractivity contribution is 7.17. The van der Waals surface area contributed by atoms with Gasteiger partial charge in [-0.05, 0) is 69.7 Å². The SMILES string of the molecule is CCOCCN1CC[C@@H](NC(=O)Nc2nc(C)c(C(C)=O)s2)[C@H](CN2CCCC(Cc3ccc(F)cc3)C2)C1. The summed E-state index contributed by atoms with van der Waals surface area (Å²) in [6.45, 7) is 12.4. The first-order valence-corrected chi connectivity index (χ1v) is 14.9. The van der Waals surface area contributed by atoms with Crippen LogP contribution in [0, 0.1) is 24.6 Å². The Morgan fingerprint density at radius 1 is 1.15 bits per heavy atom. The molecule has 2 aromatic rings. The maximum Gasteiger partial charge on any atom is 0.321 e. The van der Waals surface area contributed by atoms with Crippen LogP contribution in [-0.4, -0.2) is 85.1 Å². The van der Waals surface area contributed by atoms with Crippen molar-refractivity contribution in [3.05, 3.63) is 46.2 Å². The summed E-state index contributed by atoms with van der Waals surface area (Å²) in [5, 5.41) is 6.52. The van der Waals surface area contributed by atoms with E-state index in [9.17, 15) is 14.0 Å². The minimum absolute atomic E-state index is 0.0409. The van der Waals surface area contributed by atoms with E-state index < -0.39 is 0 Å². The van der Waals surface area contributed by atoms with Crippen LogP contribution in [0.2, 0.25) is 0 Å². The van der Waals surface area contributed by atoms with Crippen molar-refractivity contribution in [3.8, 4) is 0 Å². The average Bonchev–Trinajstić information content (AvgIpc) is 3.27. The minimum Gasteiger partial charge on any atom is -0.380 e. The molecule has 8 nitrogen and oxygen atoms in total.